The van der Waals surface area contributed by atoms with Gasteiger partial charge in [0.2, 0.25) is 5.88 Å². The minimum absolute atomic E-state index is 0.333. The van der Waals surface area contributed by atoms with Crippen molar-refractivity contribution in [2.45, 2.75) is 0 Å². The lowest BCUT2D eigenvalue weighted by Gasteiger charge is -2.07. The molecule has 0 aliphatic carbocycles. The molecule has 0 saturated carbocycles. The van der Waals surface area contributed by atoms with Gasteiger partial charge in [0.25, 0.3) is 0 Å². The van der Waals surface area contributed by atoms with Crippen LogP contribution in [0.3, 0.4) is 0 Å². The van der Waals surface area contributed by atoms with Crippen molar-refractivity contribution in [1.82, 2.24) is 9.97 Å². The van der Waals surface area contributed by atoms with Crippen molar-refractivity contribution in [3.8, 4) is 11.6 Å². The van der Waals surface area contributed by atoms with Crippen molar-refractivity contribution in [2.24, 2.45) is 0 Å². The Morgan fingerprint density at radius 1 is 1.05 bits per heavy atom. The number of rotatable bonds is 2. The van der Waals surface area contributed by atoms with Gasteiger partial charge in [-0.05, 0) is 46.3 Å². The molecule has 0 saturated heterocycles. The van der Waals surface area contributed by atoms with Crippen molar-refractivity contribution in [1.29, 1.82) is 0 Å². The number of hydrogen-bond donors (Lipinski definition) is 0. The first-order chi connectivity index (χ1) is 9.24. The highest BCUT2D eigenvalue weighted by Crippen LogP contribution is 2.28. The molecule has 2 aromatic carbocycles. The van der Waals surface area contributed by atoms with E-state index in [9.17, 15) is 4.39 Å². The standard InChI is InChI=1S/C14H8BrFN2O/c15-11-7-9(5-6-12(11)16)19-14-10-3-1-2-4-13(10)17-8-18-14/h1-8H. The van der Waals surface area contributed by atoms with E-state index < -0.39 is 0 Å². The Bertz CT molecular complexity index is 743. The lowest BCUT2D eigenvalue weighted by Crippen LogP contribution is -1.91. The lowest BCUT2D eigenvalue weighted by atomic mass is 10.2. The van der Waals surface area contributed by atoms with E-state index in [1.807, 2.05) is 24.3 Å². The van der Waals surface area contributed by atoms with Crippen LogP contribution < -0.4 is 4.74 Å². The highest BCUT2D eigenvalue weighted by Gasteiger charge is 2.07. The van der Waals surface area contributed by atoms with Crippen LogP contribution in [-0.4, -0.2) is 9.97 Å². The third-order valence-corrected chi connectivity index (χ3v) is 3.22. The van der Waals surface area contributed by atoms with Gasteiger partial charge >= 0.3 is 0 Å². The summed E-state index contributed by atoms with van der Waals surface area (Å²) in [5.41, 5.74) is 0.800. The molecule has 3 nitrogen and oxygen atoms in total. The first-order valence-corrected chi connectivity index (χ1v) is 6.36. The molecule has 0 N–H and O–H groups in total. The summed E-state index contributed by atoms with van der Waals surface area (Å²) in [7, 11) is 0. The molecule has 1 aromatic heterocycles. The topological polar surface area (TPSA) is 35.0 Å². The van der Waals surface area contributed by atoms with Gasteiger partial charge < -0.3 is 4.74 Å². The molecule has 94 valence electrons. The van der Waals surface area contributed by atoms with E-state index in [4.69, 9.17) is 4.74 Å². The molecule has 0 aliphatic rings. The van der Waals surface area contributed by atoms with Gasteiger partial charge in [-0.2, -0.15) is 0 Å². The van der Waals surface area contributed by atoms with E-state index >= 15 is 0 Å². The number of nitrogens with zero attached hydrogens (tertiary/aromatic N) is 2. The summed E-state index contributed by atoms with van der Waals surface area (Å²) in [4.78, 5) is 8.27. The molecule has 5 heteroatoms. The van der Waals surface area contributed by atoms with Crippen LogP contribution in [0.15, 0.2) is 53.3 Å². The molecule has 0 bridgehead atoms. The molecule has 3 aromatic rings. The van der Waals surface area contributed by atoms with Gasteiger partial charge in [0.05, 0.1) is 15.4 Å². The molecule has 19 heavy (non-hydrogen) atoms. The Morgan fingerprint density at radius 3 is 2.74 bits per heavy atom. The van der Waals surface area contributed by atoms with Gasteiger partial charge in [-0.1, -0.05) is 12.1 Å². The van der Waals surface area contributed by atoms with Crippen molar-refractivity contribution >= 4 is 26.8 Å². The maximum Gasteiger partial charge on any atom is 0.230 e. The molecule has 0 amide bonds. The molecular weight excluding hydrogens is 311 g/mol. The predicted octanol–water partition coefficient (Wildman–Crippen LogP) is 4.32. The van der Waals surface area contributed by atoms with E-state index in [0.717, 1.165) is 10.9 Å². The van der Waals surface area contributed by atoms with Crippen LogP contribution >= 0.6 is 15.9 Å². The maximum atomic E-state index is 13.2. The van der Waals surface area contributed by atoms with Crippen LogP contribution in [0.2, 0.25) is 0 Å². The Labute approximate surface area is 117 Å². The molecule has 0 unspecified atom stereocenters. The Balaban J connectivity index is 2.03. The molecule has 0 aliphatic heterocycles. The fourth-order valence-electron chi connectivity index (χ4n) is 1.71. The molecule has 1 heterocycles. The summed E-state index contributed by atoms with van der Waals surface area (Å²) in [5, 5.41) is 0.811. The monoisotopic (exact) mass is 318 g/mol. The fraction of sp³-hybridized carbons (Fsp3) is 0. The molecule has 0 radical (unpaired) electrons. The van der Waals surface area contributed by atoms with Crippen molar-refractivity contribution in [3.63, 3.8) is 0 Å². The zero-order chi connectivity index (χ0) is 13.2. The average Bonchev–Trinajstić information content (AvgIpc) is 2.43. The number of ether oxygens (including phenoxy) is 1. The van der Waals surface area contributed by atoms with Crippen molar-refractivity contribution in [3.05, 3.63) is 59.1 Å². The number of aromatic nitrogens is 2. The summed E-state index contributed by atoms with van der Waals surface area (Å²) in [6.45, 7) is 0. The highest BCUT2D eigenvalue weighted by molar-refractivity contribution is 9.10. The summed E-state index contributed by atoms with van der Waals surface area (Å²) < 4.78 is 19.2. The first kappa shape index (κ1) is 12.0. The maximum absolute atomic E-state index is 13.2. The van der Waals surface area contributed by atoms with Gasteiger partial charge in [-0.3, -0.25) is 0 Å². The Hall–Kier alpha value is -2.01. The molecule has 0 fully saturated rings. The minimum Gasteiger partial charge on any atom is -0.438 e. The number of para-hydroxylation sites is 1. The zero-order valence-corrected chi connectivity index (χ0v) is 11.3. The van der Waals surface area contributed by atoms with Crippen LogP contribution in [-0.2, 0) is 0 Å². The SMILES string of the molecule is Fc1ccc(Oc2ncnc3ccccc23)cc1Br. The average molecular weight is 319 g/mol. The summed E-state index contributed by atoms with van der Waals surface area (Å²) in [6, 6.07) is 12.0. The second-order valence-corrected chi connectivity index (χ2v) is 4.73. The second-order valence-electron chi connectivity index (χ2n) is 3.87. The van der Waals surface area contributed by atoms with Crippen LogP contribution in [0, 0.1) is 5.82 Å². The van der Waals surface area contributed by atoms with E-state index in [1.165, 1.54) is 12.4 Å². The smallest absolute Gasteiger partial charge is 0.230 e. The molecule has 3 rings (SSSR count). The number of halogens is 2. The van der Waals surface area contributed by atoms with Gasteiger partial charge in [0, 0.05) is 0 Å². The third-order valence-electron chi connectivity index (χ3n) is 2.61. The number of hydrogen-bond acceptors (Lipinski definition) is 3. The Morgan fingerprint density at radius 2 is 1.89 bits per heavy atom. The van der Waals surface area contributed by atoms with E-state index in [1.54, 1.807) is 12.1 Å². The highest BCUT2D eigenvalue weighted by atomic mass is 79.9. The van der Waals surface area contributed by atoms with Gasteiger partial charge in [0.1, 0.15) is 17.9 Å². The first-order valence-electron chi connectivity index (χ1n) is 5.57. The third kappa shape index (κ3) is 2.42. The van der Waals surface area contributed by atoms with Crippen molar-refractivity contribution in [2.75, 3.05) is 0 Å². The quantitative estimate of drug-likeness (QED) is 0.705. The summed E-state index contributed by atoms with van der Waals surface area (Å²) in [6.07, 6.45) is 1.44. The van der Waals surface area contributed by atoms with E-state index in [0.29, 0.717) is 16.1 Å². The van der Waals surface area contributed by atoms with E-state index in [2.05, 4.69) is 25.9 Å². The summed E-state index contributed by atoms with van der Waals surface area (Å²) in [5.74, 6) is 0.626. The van der Waals surface area contributed by atoms with Crippen LogP contribution in [0.1, 0.15) is 0 Å². The van der Waals surface area contributed by atoms with Gasteiger partial charge in [0.15, 0.2) is 0 Å². The normalized spacial score (nSPS) is 10.6. The second kappa shape index (κ2) is 4.93. The summed E-state index contributed by atoms with van der Waals surface area (Å²) >= 11 is 3.12. The van der Waals surface area contributed by atoms with Gasteiger partial charge in [-0.15, -0.1) is 0 Å². The zero-order valence-electron chi connectivity index (χ0n) is 9.68. The van der Waals surface area contributed by atoms with Crippen LogP contribution in [0.25, 0.3) is 10.9 Å². The molecule has 0 spiro atoms. The van der Waals surface area contributed by atoms with Crippen molar-refractivity contribution < 1.29 is 9.13 Å². The largest absolute Gasteiger partial charge is 0.438 e. The number of benzene rings is 2. The predicted molar refractivity (Wildman–Crippen MR) is 73.7 cm³/mol. The molecular formula is C14H8BrFN2O. The van der Waals surface area contributed by atoms with Crippen LogP contribution in [0.5, 0.6) is 11.6 Å². The fourth-order valence-corrected chi connectivity index (χ4v) is 2.07. The number of fused-ring (bicyclic) bond motifs is 1. The Kier molecular flexibility index (Phi) is 3.13. The van der Waals surface area contributed by atoms with Crippen LogP contribution in [0.4, 0.5) is 4.39 Å². The lowest BCUT2D eigenvalue weighted by molar-refractivity contribution is 0.466. The van der Waals surface area contributed by atoms with Gasteiger partial charge in [-0.25, -0.2) is 14.4 Å². The molecule has 0 atom stereocenters. The van der Waals surface area contributed by atoms with E-state index in [-0.39, 0.29) is 5.82 Å². The minimum atomic E-state index is -0.333.